The van der Waals surface area contributed by atoms with E-state index in [0.29, 0.717) is 38.7 Å². The van der Waals surface area contributed by atoms with E-state index in [1.54, 1.807) is 0 Å². The highest BCUT2D eigenvalue weighted by molar-refractivity contribution is 7.93. The summed E-state index contributed by atoms with van der Waals surface area (Å²) in [5.41, 5.74) is -0.883. The molecule has 2 saturated heterocycles. The van der Waals surface area contributed by atoms with Crippen LogP contribution < -0.4 is 4.74 Å². The van der Waals surface area contributed by atoms with Gasteiger partial charge in [-0.2, -0.15) is 0 Å². The van der Waals surface area contributed by atoms with E-state index < -0.39 is 15.4 Å². The minimum Gasteiger partial charge on any atom is -0.493 e. The van der Waals surface area contributed by atoms with Crippen LogP contribution in [0.1, 0.15) is 32.1 Å². The smallest absolute Gasteiger partial charge is 0.156 e. The molecule has 0 aliphatic carbocycles. The van der Waals surface area contributed by atoms with Crippen molar-refractivity contribution in [2.24, 2.45) is 0 Å². The van der Waals surface area contributed by atoms with Gasteiger partial charge in [-0.15, -0.1) is 0 Å². The first kappa shape index (κ1) is 13.9. The van der Waals surface area contributed by atoms with E-state index in [2.05, 4.69) is 0 Å². The van der Waals surface area contributed by atoms with Gasteiger partial charge in [0, 0.05) is 6.42 Å². The monoisotopic (exact) mass is 296 g/mol. The lowest BCUT2D eigenvalue weighted by Crippen LogP contribution is -2.45. The fourth-order valence-corrected chi connectivity index (χ4v) is 5.98. The van der Waals surface area contributed by atoms with Gasteiger partial charge in [0.15, 0.2) is 9.84 Å². The number of aliphatic hydroxyl groups is 1. The summed E-state index contributed by atoms with van der Waals surface area (Å²) in [7, 11) is -2.98. The highest BCUT2D eigenvalue weighted by atomic mass is 32.2. The number of rotatable bonds is 4. The summed E-state index contributed by atoms with van der Waals surface area (Å²) < 4.78 is 29.6. The zero-order valence-electron chi connectivity index (χ0n) is 11.4. The van der Waals surface area contributed by atoms with E-state index in [1.165, 1.54) is 0 Å². The van der Waals surface area contributed by atoms with E-state index in [4.69, 9.17) is 4.74 Å². The zero-order chi connectivity index (χ0) is 14.2. The first-order valence-corrected chi connectivity index (χ1v) is 8.73. The average molecular weight is 296 g/mol. The molecule has 0 spiro atoms. The molecule has 2 heterocycles. The molecule has 2 aliphatic heterocycles. The van der Waals surface area contributed by atoms with Crippen LogP contribution in [-0.2, 0) is 9.84 Å². The second-order valence-corrected chi connectivity index (χ2v) is 8.47. The number of hydrogen-bond donors (Lipinski definition) is 1. The molecule has 0 saturated carbocycles. The van der Waals surface area contributed by atoms with Gasteiger partial charge in [-0.1, -0.05) is 18.2 Å². The summed E-state index contributed by atoms with van der Waals surface area (Å²) in [5, 5.41) is 9.93. The van der Waals surface area contributed by atoms with Crippen LogP contribution in [0.4, 0.5) is 0 Å². The van der Waals surface area contributed by atoms with E-state index in [9.17, 15) is 13.5 Å². The minimum atomic E-state index is -2.98. The third-order valence-electron chi connectivity index (χ3n) is 4.53. The molecule has 3 rings (SSSR count). The molecule has 1 N–H and O–H groups in total. The van der Waals surface area contributed by atoms with Crippen molar-refractivity contribution < 1.29 is 18.3 Å². The van der Waals surface area contributed by atoms with Gasteiger partial charge in [0.2, 0.25) is 0 Å². The molecule has 2 unspecified atom stereocenters. The third-order valence-corrected chi connectivity index (χ3v) is 7.20. The molecule has 5 heteroatoms. The Bertz CT molecular complexity index is 547. The van der Waals surface area contributed by atoms with Gasteiger partial charge in [-0.05, 0) is 37.8 Å². The van der Waals surface area contributed by atoms with Crippen LogP contribution in [0, 0.1) is 0 Å². The molecule has 1 aromatic rings. The van der Waals surface area contributed by atoms with Crippen LogP contribution in [0.15, 0.2) is 30.3 Å². The lowest BCUT2D eigenvalue weighted by Gasteiger charge is -2.36. The quantitative estimate of drug-likeness (QED) is 0.922. The first-order valence-electron chi connectivity index (χ1n) is 7.13. The van der Waals surface area contributed by atoms with Crippen LogP contribution in [0.3, 0.4) is 0 Å². The van der Waals surface area contributed by atoms with Crippen LogP contribution in [0.25, 0.3) is 0 Å². The Labute approximate surface area is 119 Å². The number of ether oxygens (including phenoxy) is 1. The van der Waals surface area contributed by atoms with Crippen molar-refractivity contribution in [3.05, 3.63) is 30.3 Å². The molecule has 0 amide bonds. The predicted molar refractivity (Wildman–Crippen MR) is 76.5 cm³/mol. The van der Waals surface area contributed by atoms with E-state index >= 15 is 0 Å². The Morgan fingerprint density at radius 3 is 2.35 bits per heavy atom. The molecular formula is C15H20O4S. The number of fused-ring (bicyclic) bond motifs is 2. The standard InChI is InChI=1S/C15H20O4S/c16-15(8-9-19-12-4-2-1-3-5-12)10-13-6-7-14(11-15)20(13,17)18/h1-5,13-14,16H,6-11H2. The molecule has 20 heavy (non-hydrogen) atoms. The molecule has 0 aromatic heterocycles. The fourth-order valence-electron chi connectivity index (χ4n) is 3.42. The minimum absolute atomic E-state index is 0.344. The Balaban J connectivity index is 1.59. The van der Waals surface area contributed by atoms with Crippen LogP contribution in [0.5, 0.6) is 5.75 Å². The average Bonchev–Trinajstić information content (AvgIpc) is 2.60. The number of hydrogen-bond acceptors (Lipinski definition) is 4. The largest absolute Gasteiger partial charge is 0.493 e. The summed E-state index contributed by atoms with van der Waals surface area (Å²) in [6.07, 6.45) is 2.63. The highest BCUT2D eigenvalue weighted by Crippen LogP contribution is 2.44. The normalized spacial score (nSPS) is 34.9. The topological polar surface area (TPSA) is 63.6 Å². The summed E-state index contributed by atoms with van der Waals surface area (Å²) in [6.45, 7) is 0.417. The van der Waals surface area contributed by atoms with Crippen molar-refractivity contribution in [2.45, 2.75) is 48.2 Å². The lowest BCUT2D eigenvalue weighted by molar-refractivity contribution is 0.00212. The van der Waals surface area contributed by atoms with Gasteiger partial charge >= 0.3 is 0 Å². The van der Waals surface area contributed by atoms with E-state index in [1.807, 2.05) is 30.3 Å². The van der Waals surface area contributed by atoms with Crippen molar-refractivity contribution >= 4 is 9.84 Å². The van der Waals surface area contributed by atoms with E-state index in [-0.39, 0.29) is 10.5 Å². The summed E-state index contributed by atoms with van der Waals surface area (Å²) in [4.78, 5) is 0. The summed E-state index contributed by atoms with van der Waals surface area (Å²) in [6, 6.07) is 9.47. The maximum absolute atomic E-state index is 12.0. The van der Waals surface area contributed by atoms with E-state index in [0.717, 1.165) is 5.75 Å². The number of para-hydroxylation sites is 1. The SMILES string of the molecule is O=S1(=O)C2CCC1CC(O)(CCOc1ccccc1)C2. The zero-order valence-corrected chi connectivity index (χ0v) is 12.2. The summed E-state index contributed by atoms with van der Waals surface area (Å²) >= 11 is 0. The van der Waals surface area contributed by atoms with Crippen LogP contribution in [-0.4, -0.2) is 36.2 Å². The Hall–Kier alpha value is -1.07. The highest BCUT2D eigenvalue weighted by Gasteiger charge is 2.52. The molecule has 2 fully saturated rings. The number of sulfone groups is 1. The Morgan fingerprint density at radius 1 is 1.15 bits per heavy atom. The van der Waals surface area contributed by atoms with Gasteiger partial charge in [0.05, 0.1) is 22.7 Å². The number of benzene rings is 1. The molecule has 2 aliphatic rings. The second-order valence-electron chi connectivity index (χ2n) is 5.95. The first-order chi connectivity index (χ1) is 9.50. The summed E-state index contributed by atoms with van der Waals surface area (Å²) in [5.74, 6) is 0.780. The van der Waals surface area contributed by atoms with Crippen molar-refractivity contribution in [3.63, 3.8) is 0 Å². The molecule has 1 aromatic carbocycles. The Morgan fingerprint density at radius 2 is 1.75 bits per heavy atom. The van der Waals surface area contributed by atoms with Crippen molar-refractivity contribution in [1.29, 1.82) is 0 Å². The lowest BCUT2D eigenvalue weighted by atomic mass is 9.90. The van der Waals surface area contributed by atoms with Crippen molar-refractivity contribution in [1.82, 2.24) is 0 Å². The van der Waals surface area contributed by atoms with Gasteiger partial charge in [0.1, 0.15) is 5.75 Å². The predicted octanol–water partition coefficient (Wildman–Crippen LogP) is 1.93. The van der Waals surface area contributed by atoms with Crippen LogP contribution in [0.2, 0.25) is 0 Å². The molecular weight excluding hydrogens is 276 g/mol. The third kappa shape index (κ3) is 2.56. The maximum Gasteiger partial charge on any atom is 0.156 e. The molecule has 0 radical (unpaired) electrons. The van der Waals surface area contributed by atoms with Crippen molar-refractivity contribution in [2.75, 3.05) is 6.61 Å². The Kier molecular flexibility index (Phi) is 3.50. The van der Waals surface area contributed by atoms with Crippen molar-refractivity contribution in [3.8, 4) is 5.75 Å². The maximum atomic E-state index is 12.0. The van der Waals surface area contributed by atoms with Gasteiger partial charge < -0.3 is 9.84 Å². The fraction of sp³-hybridized carbons (Fsp3) is 0.600. The molecule has 2 atom stereocenters. The van der Waals surface area contributed by atoms with Gasteiger partial charge in [-0.3, -0.25) is 0 Å². The second kappa shape index (κ2) is 5.04. The molecule has 2 bridgehead atoms. The molecule has 4 nitrogen and oxygen atoms in total. The molecule has 110 valence electrons. The van der Waals surface area contributed by atoms with Crippen LogP contribution >= 0.6 is 0 Å². The van der Waals surface area contributed by atoms with Gasteiger partial charge in [0.25, 0.3) is 0 Å². The van der Waals surface area contributed by atoms with Gasteiger partial charge in [-0.25, -0.2) is 8.42 Å².